The highest BCUT2D eigenvalue weighted by atomic mass is 32.1. The number of hydrogen-bond acceptors (Lipinski definition) is 9. The van der Waals surface area contributed by atoms with E-state index in [4.69, 9.17) is 9.47 Å². The Labute approximate surface area is 202 Å². The van der Waals surface area contributed by atoms with Crippen LogP contribution < -0.4 is 25.2 Å². The van der Waals surface area contributed by atoms with Gasteiger partial charge < -0.3 is 24.6 Å². The van der Waals surface area contributed by atoms with Gasteiger partial charge >= 0.3 is 0 Å². The maximum Gasteiger partial charge on any atom is 0.273 e. The number of anilines is 1. The Hall–Kier alpha value is -3.18. The Morgan fingerprint density at radius 3 is 2.62 bits per heavy atom. The maximum absolute atomic E-state index is 12.9. The molecule has 0 unspecified atom stereocenters. The van der Waals surface area contributed by atoms with Crippen molar-refractivity contribution in [2.24, 2.45) is 0 Å². The van der Waals surface area contributed by atoms with E-state index in [1.165, 1.54) is 22.2 Å². The van der Waals surface area contributed by atoms with Crippen LogP contribution in [-0.4, -0.2) is 78.8 Å². The number of nitrogens with one attached hydrogen (secondary N) is 1. The number of aromatic nitrogens is 3. The zero-order chi connectivity index (χ0) is 24.1. The Morgan fingerprint density at radius 2 is 1.91 bits per heavy atom. The number of benzene rings is 1. The fourth-order valence-electron chi connectivity index (χ4n) is 3.93. The summed E-state index contributed by atoms with van der Waals surface area (Å²) in [6.07, 6.45) is 2.03. The Kier molecular flexibility index (Phi) is 7.63. The van der Waals surface area contributed by atoms with Gasteiger partial charge in [-0.05, 0) is 30.7 Å². The molecule has 34 heavy (non-hydrogen) atoms. The van der Waals surface area contributed by atoms with Crippen molar-refractivity contribution < 1.29 is 14.3 Å². The van der Waals surface area contributed by atoms with Gasteiger partial charge in [-0.15, -0.1) is 0 Å². The molecule has 1 aromatic carbocycles. The number of thiazole rings is 1. The van der Waals surface area contributed by atoms with Crippen LogP contribution in [0.4, 0.5) is 5.13 Å². The molecule has 0 spiro atoms. The predicted octanol–water partition coefficient (Wildman–Crippen LogP) is 1.37. The third-order valence-electron chi connectivity index (χ3n) is 5.96. The number of piperazine rings is 1. The lowest BCUT2D eigenvalue weighted by Gasteiger charge is -2.33. The van der Waals surface area contributed by atoms with Crippen LogP contribution in [0.2, 0.25) is 0 Å². The van der Waals surface area contributed by atoms with Crippen LogP contribution in [0, 0.1) is 0 Å². The molecule has 0 atom stereocenters. The van der Waals surface area contributed by atoms with E-state index in [1.54, 1.807) is 14.2 Å². The summed E-state index contributed by atoms with van der Waals surface area (Å²) in [5, 5.41) is 3.68. The van der Waals surface area contributed by atoms with Gasteiger partial charge in [0.1, 0.15) is 17.6 Å². The van der Waals surface area contributed by atoms with Crippen molar-refractivity contribution >= 4 is 32.7 Å². The molecule has 4 rings (SSSR count). The first-order valence-electron chi connectivity index (χ1n) is 11.3. The third kappa shape index (κ3) is 5.31. The Bertz CT molecular complexity index is 1200. The summed E-state index contributed by atoms with van der Waals surface area (Å²) in [6.45, 7) is 7.27. The zero-order valence-electron chi connectivity index (χ0n) is 19.7. The van der Waals surface area contributed by atoms with Gasteiger partial charge in [-0.3, -0.25) is 14.2 Å². The molecule has 1 fully saturated rings. The smallest absolute Gasteiger partial charge is 0.273 e. The van der Waals surface area contributed by atoms with E-state index in [-0.39, 0.29) is 18.0 Å². The molecule has 1 amide bonds. The van der Waals surface area contributed by atoms with E-state index in [2.05, 4.69) is 32.0 Å². The molecule has 1 aliphatic rings. The highest BCUT2D eigenvalue weighted by molar-refractivity contribution is 7.22. The predicted molar refractivity (Wildman–Crippen MR) is 132 cm³/mol. The number of carbonyl (C=O) groups is 1. The van der Waals surface area contributed by atoms with Crippen LogP contribution in [0.15, 0.2) is 29.3 Å². The standard InChI is InChI=1S/C23H30N6O4S/c1-4-27-9-11-28(12-10-27)23-26-21-20(34-23)22(31)29(15-25-21)14-19(30)24-8-7-16-5-6-17(32-2)18(13-16)33-3/h5-6,13,15H,4,7-12,14H2,1-3H3,(H,24,30). The number of carbonyl (C=O) groups excluding carboxylic acids is 1. The second-order valence-corrected chi connectivity index (χ2v) is 9.01. The molecule has 182 valence electrons. The Morgan fingerprint density at radius 1 is 1.15 bits per heavy atom. The summed E-state index contributed by atoms with van der Waals surface area (Å²) in [5.41, 5.74) is 1.21. The van der Waals surface area contributed by atoms with Gasteiger partial charge in [-0.25, -0.2) is 4.98 Å². The number of hydrogen-bond donors (Lipinski definition) is 1. The van der Waals surface area contributed by atoms with Gasteiger partial charge in [-0.1, -0.05) is 24.3 Å². The monoisotopic (exact) mass is 486 g/mol. The number of amides is 1. The van der Waals surface area contributed by atoms with Crippen LogP contribution in [-0.2, 0) is 17.8 Å². The lowest BCUT2D eigenvalue weighted by Crippen LogP contribution is -2.46. The summed E-state index contributed by atoms with van der Waals surface area (Å²) >= 11 is 1.35. The van der Waals surface area contributed by atoms with E-state index < -0.39 is 0 Å². The van der Waals surface area contributed by atoms with Crippen molar-refractivity contribution in [3.05, 3.63) is 40.4 Å². The van der Waals surface area contributed by atoms with Crippen molar-refractivity contribution in [1.29, 1.82) is 0 Å². The molecular formula is C23H30N6O4S. The number of rotatable bonds is 9. The van der Waals surface area contributed by atoms with Crippen molar-refractivity contribution in [1.82, 2.24) is 24.8 Å². The lowest BCUT2D eigenvalue weighted by molar-refractivity contribution is -0.121. The second-order valence-electron chi connectivity index (χ2n) is 8.04. The third-order valence-corrected chi connectivity index (χ3v) is 7.05. The SMILES string of the molecule is CCN1CCN(c2nc3ncn(CC(=O)NCCc4ccc(OC)c(OC)c4)c(=O)c3s2)CC1. The van der Waals surface area contributed by atoms with E-state index in [9.17, 15) is 9.59 Å². The van der Waals surface area contributed by atoms with Gasteiger partial charge in [-0.2, -0.15) is 4.98 Å². The zero-order valence-corrected chi connectivity index (χ0v) is 20.6. The molecule has 11 heteroatoms. The fraction of sp³-hybridized carbons (Fsp3) is 0.478. The van der Waals surface area contributed by atoms with Crippen molar-refractivity contribution in [2.75, 3.05) is 58.4 Å². The molecule has 2 aromatic heterocycles. The molecule has 1 aliphatic heterocycles. The molecule has 0 bridgehead atoms. The Balaban J connectivity index is 1.36. The van der Waals surface area contributed by atoms with Crippen molar-refractivity contribution in [2.45, 2.75) is 19.9 Å². The van der Waals surface area contributed by atoms with Crippen LogP contribution in [0.25, 0.3) is 10.3 Å². The molecule has 3 heterocycles. The highest BCUT2D eigenvalue weighted by Crippen LogP contribution is 2.28. The molecular weight excluding hydrogens is 456 g/mol. The topological polar surface area (TPSA) is 102 Å². The maximum atomic E-state index is 12.9. The largest absolute Gasteiger partial charge is 0.493 e. The fourth-order valence-corrected chi connectivity index (χ4v) is 4.95. The first-order valence-corrected chi connectivity index (χ1v) is 12.1. The minimum absolute atomic E-state index is 0.0872. The molecule has 10 nitrogen and oxygen atoms in total. The number of nitrogens with zero attached hydrogens (tertiary/aromatic N) is 5. The number of methoxy groups -OCH3 is 2. The van der Waals surface area contributed by atoms with Gasteiger partial charge in [0.25, 0.3) is 5.56 Å². The number of likely N-dealkylation sites (N-methyl/N-ethyl adjacent to an activating group) is 1. The van der Waals surface area contributed by atoms with Crippen LogP contribution in [0.5, 0.6) is 11.5 Å². The number of ether oxygens (including phenoxy) is 2. The lowest BCUT2D eigenvalue weighted by atomic mass is 10.1. The normalized spacial score (nSPS) is 14.4. The quantitative estimate of drug-likeness (QED) is 0.484. The van der Waals surface area contributed by atoms with Gasteiger partial charge in [0.15, 0.2) is 22.3 Å². The van der Waals surface area contributed by atoms with E-state index in [0.29, 0.717) is 34.8 Å². The molecule has 1 saturated heterocycles. The molecule has 3 aromatic rings. The summed E-state index contributed by atoms with van der Waals surface area (Å²) in [4.78, 5) is 38.9. The minimum atomic E-state index is -0.246. The van der Waals surface area contributed by atoms with Crippen LogP contribution in [0.3, 0.4) is 0 Å². The van der Waals surface area contributed by atoms with E-state index >= 15 is 0 Å². The summed E-state index contributed by atoms with van der Waals surface area (Å²) < 4.78 is 12.4. The molecule has 0 saturated carbocycles. The molecule has 0 aliphatic carbocycles. The van der Waals surface area contributed by atoms with Gasteiger partial charge in [0.05, 0.1) is 14.2 Å². The van der Waals surface area contributed by atoms with E-state index in [1.807, 2.05) is 18.2 Å². The first-order chi connectivity index (χ1) is 16.5. The molecule has 0 radical (unpaired) electrons. The van der Waals surface area contributed by atoms with Crippen molar-refractivity contribution in [3.63, 3.8) is 0 Å². The van der Waals surface area contributed by atoms with Gasteiger partial charge in [0.2, 0.25) is 5.91 Å². The minimum Gasteiger partial charge on any atom is -0.493 e. The average Bonchev–Trinajstić information content (AvgIpc) is 3.31. The average molecular weight is 487 g/mol. The number of fused-ring (bicyclic) bond motifs is 1. The van der Waals surface area contributed by atoms with Crippen molar-refractivity contribution in [3.8, 4) is 11.5 Å². The van der Waals surface area contributed by atoms with E-state index in [0.717, 1.165) is 43.4 Å². The summed E-state index contributed by atoms with van der Waals surface area (Å²) in [5.74, 6) is 1.06. The van der Waals surface area contributed by atoms with Crippen LogP contribution in [0.1, 0.15) is 12.5 Å². The summed E-state index contributed by atoms with van der Waals surface area (Å²) in [7, 11) is 3.18. The second kappa shape index (κ2) is 10.8. The van der Waals surface area contributed by atoms with Crippen LogP contribution >= 0.6 is 11.3 Å². The summed E-state index contributed by atoms with van der Waals surface area (Å²) in [6, 6.07) is 5.65. The molecule has 1 N–H and O–H groups in total. The van der Waals surface area contributed by atoms with Gasteiger partial charge in [0, 0.05) is 32.7 Å². The first kappa shape index (κ1) is 24.0. The highest BCUT2D eigenvalue weighted by Gasteiger charge is 2.20.